The van der Waals surface area contributed by atoms with Crippen molar-refractivity contribution < 1.29 is 14.3 Å². The summed E-state index contributed by atoms with van der Waals surface area (Å²) in [7, 11) is 1.56. The average molecular weight is 411 g/mol. The SMILES string of the molecule is COc1ccc(C(=O)Nc2cccc(/C=C(\C#N)C(=O)Nc3ccccc3C)c2)cc1. The lowest BCUT2D eigenvalue weighted by atomic mass is 10.1. The molecule has 0 spiro atoms. The summed E-state index contributed by atoms with van der Waals surface area (Å²) in [5.41, 5.74) is 3.15. The Hall–Kier alpha value is -4.37. The van der Waals surface area contributed by atoms with Crippen molar-refractivity contribution in [3.8, 4) is 11.8 Å². The van der Waals surface area contributed by atoms with Crippen LogP contribution in [0.5, 0.6) is 5.75 Å². The van der Waals surface area contributed by atoms with Crippen LogP contribution in [-0.4, -0.2) is 18.9 Å². The molecule has 0 saturated carbocycles. The van der Waals surface area contributed by atoms with Crippen molar-refractivity contribution in [2.24, 2.45) is 0 Å². The maximum atomic E-state index is 12.5. The Morgan fingerprint density at radius 2 is 1.71 bits per heavy atom. The zero-order valence-electron chi connectivity index (χ0n) is 17.2. The first kappa shape index (κ1) is 21.3. The molecule has 0 atom stereocenters. The van der Waals surface area contributed by atoms with Crippen LogP contribution in [0.15, 0.2) is 78.4 Å². The molecule has 6 heteroatoms. The van der Waals surface area contributed by atoms with Crippen LogP contribution in [0.4, 0.5) is 11.4 Å². The van der Waals surface area contributed by atoms with Crippen LogP contribution in [0.3, 0.4) is 0 Å². The van der Waals surface area contributed by atoms with E-state index in [0.29, 0.717) is 28.3 Å². The predicted octanol–water partition coefficient (Wildman–Crippen LogP) is 4.80. The van der Waals surface area contributed by atoms with Crippen LogP contribution in [0.1, 0.15) is 21.5 Å². The van der Waals surface area contributed by atoms with E-state index in [1.165, 1.54) is 6.08 Å². The van der Waals surface area contributed by atoms with Crippen LogP contribution in [-0.2, 0) is 4.79 Å². The number of nitrogens with one attached hydrogen (secondary N) is 2. The number of hydrogen-bond acceptors (Lipinski definition) is 4. The van der Waals surface area contributed by atoms with Gasteiger partial charge in [0.2, 0.25) is 0 Å². The topological polar surface area (TPSA) is 91.2 Å². The van der Waals surface area contributed by atoms with E-state index in [0.717, 1.165) is 5.56 Å². The molecule has 0 saturated heterocycles. The highest BCUT2D eigenvalue weighted by Crippen LogP contribution is 2.18. The first-order valence-corrected chi connectivity index (χ1v) is 9.54. The van der Waals surface area contributed by atoms with Gasteiger partial charge in [0.1, 0.15) is 17.4 Å². The van der Waals surface area contributed by atoms with Crippen molar-refractivity contribution in [1.82, 2.24) is 0 Å². The molecule has 0 bridgehead atoms. The number of amides is 2. The van der Waals surface area contributed by atoms with Gasteiger partial charge in [0.25, 0.3) is 11.8 Å². The number of para-hydroxylation sites is 1. The molecule has 0 radical (unpaired) electrons. The van der Waals surface area contributed by atoms with E-state index in [-0.39, 0.29) is 11.5 Å². The highest BCUT2D eigenvalue weighted by atomic mass is 16.5. The number of hydrogen-bond donors (Lipinski definition) is 2. The van der Waals surface area contributed by atoms with E-state index in [9.17, 15) is 14.9 Å². The molecule has 0 aromatic heterocycles. The van der Waals surface area contributed by atoms with Gasteiger partial charge in [0.05, 0.1) is 7.11 Å². The lowest BCUT2D eigenvalue weighted by Gasteiger charge is -2.08. The van der Waals surface area contributed by atoms with E-state index in [1.54, 1.807) is 61.7 Å². The Kier molecular flexibility index (Phi) is 6.82. The van der Waals surface area contributed by atoms with E-state index < -0.39 is 5.91 Å². The smallest absolute Gasteiger partial charge is 0.266 e. The van der Waals surface area contributed by atoms with E-state index in [4.69, 9.17) is 4.74 Å². The second-order valence-electron chi connectivity index (χ2n) is 6.75. The van der Waals surface area contributed by atoms with Crippen LogP contribution in [0, 0.1) is 18.3 Å². The molecule has 3 rings (SSSR count). The maximum Gasteiger partial charge on any atom is 0.266 e. The largest absolute Gasteiger partial charge is 0.497 e. The van der Waals surface area contributed by atoms with E-state index in [2.05, 4.69) is 10.6 Å². The number of rotatable bonds is 6. The van der Waals surface area contributed by atoms with E-state index >= 15 is 0 Å². The molecule has 0 aliphatic heterocycles. The maximum absolute atomic E-state index is 12.5. The molecule has 0 heterocycles. The van der Waals surface area contributed by atoms with Gasteiger partial charge in [-0.2, -0.15) is 5.26 Å². The zero-order chi connectivity index (χ0) is 22.2. The lowest BCUT2D eigenvalue weighted by Crippen LogP contribution is -2.14. The third-order valence-corrected chi connectivity index (χ3v) is 4.57. The van der Waals surface area contributed by atoms with Crippen LogP contribution in [0.2, 0.25) is 0 Å². The molecule has 6 nitrogen and oxygen atoms in total. The Morgan fingerprint density at radius 3 is 2.39 bits per heavy atom. The quantitative estimate of drug-likeness (QED) is 0.450. The standard InChI is InChI=1S/C25H21N3O3/c1-17-6-3-4-9-23(17)28-25(30)20(16-26)14-18-7-5-8-21(15-18)27-24(29)19-10-12-22(31-2)13-11-19/h3-15H,1-2H3,(H,27,29)(H,28,30)/b20-14+. The van der Waals surface area contributed by atoms with Gasteiger partial charge < -0.3 is 15.4 Å². The number of benzene rings is 3. The van der Waals surface area contributed by atoms with Gasteiger partial charge in [-0.25, -0.2) is 0 Å². The zero-order valence-corrected chi connectivity index (χ0v) is 17.2. The molecule has 0 aliphatic carbocycles. The van der Waals surface area contributed by atoms with Gasteiger partial charge in [-0.05, 0) is 66.6 Å². The second kappa shape index (κ2) is 9.90. The Morgan fingerprint density at radius 1 is 0.968 bits per heavy atom. The number of carbonyl (C=O) groups is 2. The van der Waals surface area contributed by atoms with Crippen molar-refractivity contribution in [3.63, 3.8) is 0 Å². The van der Waals surface area contributed by atoms with Crippen molar-refractivity contribution in [1.29, 1.82) is 5.26 Å². The molecule has 0 fully saturated rings. The third kappa shape index (κ3) is 5.58. The Bertz CT molecular complexity index is 1180. The van der Waals surface area contributed by atoms with Crippen LogP contribution < -0.4 is 15.4 Å². The number of aryl methyl sites for hydroxylation is 1. The van der Waals surface area contributed by atoms with Crippen molar-refractivity contribution in [3.05, 3.63) is 95.1 Å². The fraction of sp³-hybridized carbons (Fsp3) is 0.0800. The average Bonchev–Trinajstić information content (AvgIpc) is 2.79. The summed E-state index contributed by atoms with van der Waals surface area (Å²) in [5, 5.41) is 15.0. The van der Waals surface area contributed by atoms with Gasteiger partial charge in [0.15, 0.2) is 0 Å². The summed E-state index contributed by atoms with van der Waals surface area (Å²) in [6.07, 6.45) is 1.48. The molecular weight excluding hydrogens is 390 g/mol. The summed E-state index contributed by atoms with van der Waals surface area (Å²) >= 11 is 0. The highest BCUT2D eigenvalue weighted by molar-refractivity contribution is 6.10. The van der Waals surface area contributed by atoms with Crippen molar-refractivity contribution in [2.75, 3.05) is 17.7 Å². The van der Waals surface area contributed by atoms with Gasteiger partial charge in [-0.15, -0.1) is 0 Å². The molecule has 0 unspecified atom stereocenters. The summed E-state index contributed by atoms with van der Waals surface area (Å²) < 4.78 is 5.10. The summed E-state index contributed by atoms with van der Waals surface area (Å²) in [6, 6.07) is 22.9. The number of anilines is 2. The predicted molar refractivity (Wildman–Crippen MR) is 121 cm³/mol. The normalized spacial score (nSPS) is 10.7. The summed E-state index contributed by atoms with van der Waals surface area (Å²) in [4.78, 5) is 25.0. The number of nitriles is 1. The Balaban J connectivity index is 1.75. The van der Waals surface area contributed by atoms with Crippen LogP contribution >= 0.6 is 0 Å². The van der Waals surface area contributed by atoms with Gasteiger partial charge in [0, 0.05) is 16.9 Å². The van der Waals surface area contributed by atoms with Crippen molar-refractivity contribution in [2.45, 2.75) is 6.92 Å². The minimum atomic E-state index is -0.496. The first-order chi connectivity index (χ1) is 15.0. The molecule has 3 aromatic carbocycles. The van der Waals surface area contributed by atoms with Crippen LogP contribution in [0.25, 0.3) is 6.08 Å². The monoisotopic (exact) mass is 411 g/mol. The summed E-state index contributed by atoms with van der Waals surface area (Å²) in [5.74, 6) is -0.109. The van der Waals surface area contributed by atoms with Gasteiger partial charge in [-0.1, -0.05) is 30.3 Å². The molecule has 2 amide bonds. The Labute approximate surface area is 180 Å². The number of nitrogens with zero attached hydrogens (tertiary/aromatic N) is 1. The van der Waals surface area contributed by atoms with Crippen molar-refractivity contribution >= 4 is 29.3 Å². The highest BCUT2D eigenvalue weighted by Gasteiger charge is 2.11. The molecule has 31 heavy (non-hydrogen) atoms. The molecule has 2 N–H and O–H groups in total. The fourth-order valence-corrected chi connectivity index (χ4v) is 2.87. The van der Waals surface area contributed by atoms with Gasteiger partial charge >= 0.3 is 0 Å². The minimum Gasteiger partial charge on any atom is -0.497 e. The lowest BCUT2D eigenvalue weighted by molar-refractivity contribution is -0.112. The summed E-state index contributed by atoms with van der Waals surface area (Å²) in [6.45, 7) is 1.88. The first-order valence-electron chi connectivity index (χ1n) is 9.54. The number of ether oxygens (including phenoxy) is 1. The molecule has 3 aromatic rings. The second-order valence-corrected chi connectivity index (χ2v) is 6.75. The fourth-order valence-electron chi connectivity index (χ4n) is 2.87. The molecule has 0 aliphatic rings. The van der Waals surface area contributed by atoms with E-state index in [1.807, 2.05) is 31.2 Å². The number of carbonyl (C=O) groups excluding carboxylic acids is 2. The molecule has 154 valence electrons. The molecular formula is C25H21N3O3. The number of methoxy groups -OCH3 is 1. The third-order valence-electron chi connectivity index (χ3n) is 4.57. The minimum absolute atomic E-state index is 0.0399. The van der Waals surface area contributed by atoms with Gasteiger partial charge in [-0.3, -0.25) is 9.59 Å².